The molecule has 0 aliphatic rings. The molecule has 0 aliphatic carbocycles. The molecule has 3 nitrogen and oxygen atoms in total. The molecular weight excluding hydrogens is 350 g/mol. The minimum atomic E-state index is -0.503. The lowest BCUT2D eigenvalue weighted by Crippen LogP contribution is -2.30. The van der Waals surface area contributed by atoms with Gasteiger partial charge in [-0.15, -0.1) is 23.5 Å². The minimum absolute atomic E-state index is 0.229. The van der Waals surface area contributed by atoms with E-state index in [2.05, 4.69) is 18.5 Å². The molecule has 5 heteroatoms. The Kier molecular flexibility index (Phi) is 8.22. The third-order valence-electron chi connectivity index (χ3n) is 3.14. The van der Waals surface area contributed by atoms with Crippen molar-refractivity contribution in [2.45, 2.75) is 15.9 Å². The molecule has 0 spiro atoms. The fourth-order valence-corrected chi connectivity index (χ4v) is 3.87. The molecule has 2 aromatic carbocycles. The van der Waals surface area contributed by atoms with Crippen molar-refractivity contribution in [3.8, 4) is 0 Å². The molecular formula is C20H21NO2S2. The van der Waals surface area contributed by atoms with Gasteiger partial charge in [0.25, 0.3) is 0 Å². The first-order chi connectivity index (χ1) is 12.2. The fourth-order valence-electron chi connectivity index (χ4n) is 1.89. The van der Waals surface area contributed by atoms with E-state index >= 15 is 0 Å². The standard InChI is InChI=1S/C20H21NO2S2/c1-3-16(2)21-20(22)23-17(14-24-18-10-6-4-7-11-18)15-25-19-12-8-5-9-13-19/h3-13,17H,1-2,14-15H2,(H,21,22). The highest BCUT2D eigenvalue weighted by atomic mass is 32.2. The summed E-state index contributed by atoms with van der Waals surface area (Å²) in [5.74, 6) is 1.36. The van der Waals surface area contributed by atoms with Crippen molar-refractivity contribution in [1.29, 1.82) is 0 Å². The Morgan fingerprint density at radius 2 is 1.48 bits per heavy atom. The van der Waals surface area contributed by atoms with Gasteiger partial charge in [-0.1, -0.05) is 49.6 Å². The Balaban J connectivity index is 1.93. The van der Waals surface area contributed by atoms with Crippen molar-refractivity contribution in [1.82, 2.24) is 5.32 Å². The lowest BCUT2D eigenvalue weighted by Gasteiger charge is -2.18. The van der Waals surface area contributed by atoms with E-state index in [-0.39, 0.29) is 6.10 Å². The predicted octanol–water partition coefficient (Wildman–Crippen LogP) is 5.37. The van der Waals surface area contributed by atoms with E-state index in [4.69, 9.17) is 4.74 Å². The van der Waals surface area contributed by atoms with Crippen LogP contribution in [0.3, 0.4) is 0 Å². The van der Waals surface area contributed by atoms with Crippen LogP contribution in [0, 0.1) is 0 Å². The van der Waals surface area contributed by atoms with Gasteiger partial charge in [0, 0.05) is 27.0 Å². The third-order valence-corrected chi connectivity index (χ3v) is 5.43. The Morgan fingerprint density at radius 1 is 1.00 bits per heavy atom. The molecule has 0 aliphatic heterocycles. The van der Waals surface area contributed by atoms with E-state index in [0.29, 0.717) is 17.2 Å². The number of amides is 1. The number of thioether (sulfide) groups is 2. The summed E-state index contributed by atoms with van der Waals surface area (Å²) in [4.78, 5) is 14.3. The Bertz CT molecular complexity index is 646. The van der Waals surface area contributed by atoms with Gasteiger partial charge in [-0.3, -0.25) is 5.32 Å². The number of allylic oxidation sites excluding steroid dienone is 1. The summed E-state index contributed by atoms with van der Waals surface area (Å²) in [6.07, 6.45) is 0.749. The van der Waals surface area contributed by atoms with Crippen molar-refractivity contribution < 1.29 is 9.53 Å². The summed E-state index contributed by atoms with van der Waals surface area (Å²) < 4.78 is 5.57. The number of carbonyl (C=O) groups excluding carboxylic acids is 1. The van der Waals surface area contributed by atoms with Gasteiger partial charge < -0.3 is 4.74 Å². The van der Waals surface area contributed by atoms with Gasteiger partial charge in [0.05, 0.1) is 0 Å². The molecule has 2 rings (SSSR count). The van der Waals surface area contributed by atoms with Crippen molar-refractivity contribution >= 4 is 29.6 Å². The highest BCUT2D eigenvalue weighted by Gasteiger charge is 2.16. The smallest absolute Gasteiger partial charge is 0.411 e. The highest BCUT2D eigenvalue weighted by Crippen LogP contribution is 2.24. The van der Waals surface area contributed by atoms with E-state index in [1.807, 2.05) is 60.7 Å². The molecule has 0 heterocycles. The van der Waals surface area contributed by atoms with Gasteiger partial charge in [-0.25, -0.2) is 4.79 Å². The summed E-state index contributed by atoms with van der Waals surface area (Å²) in [5, 5.41) is 2.56. The monoisotopic (exact) mass is 371 g/mol. The molecule has 0 unspecified atom stereocenters. The van der Waals surface area contributed by atoms with Crippen LogP contribution in [0.2, 0.25) is 0 Å². The molecule has 0 fully saturated rings. The van der Waals surface area contributed by atoms with Crippen LogP contribution >= 0.6 is 23.5 Å². The number of benzene rings is 2. The Hall–Kier alpha value is -2.11. The number of nitrogens with one attached hydrogen (secondary N) is 1. The van der Waals surface area contributed by atoms with Crippen molar-refractivity contribution in [2.24, 2.45) is 0 Å². The van der Waals surface area contributed by atoms with Crippen LogP contribution in [0.5, 0.6) is 0 Å². The van der Waals surface area contributed by atoms with E-state index in [0.717, 1.165) is 9.79 Å². The van der Waals surface area contributed by atoms with Crippen molar-refractivity contribution in [3.05, 3.63) is 85.6 Å². The summed E-state index contributed by atoms with van der Waals surface area (Å²) in [5.41, 5.74) is 0.426. The highest BCUT2D eigenvalue weighted by molar-refractivity contribution is 8.00. The Labute approximate surface area is 157 Å². The van der Waals surface area contributed by atoms with Gasteiger partial charge in [0.1, 0.15) is 6.10 Å². The van der Waals surface area contributed by atoms with Crippen LogP contribution in [0.25, 0.3) is 0 Å². The fraction of sp³-hybridized carbons (Fsp3) is 0.150. The number of alkyl carbamates (subject to hydrolysis) is 1. The molecule has 0 saturated carbocycles. The predicted molar refractivity (Wildman–Crippen MR) is 107 cm³/mol. The maximum absolute atomic E-state index is 12.0. The van der Waals surface area contributed by atoms with E-state index in [1.54, 1.807) is 23.5 Å². The number of hydrogen-bond donors (Lipinski definition) is 1. The summed E-state index contributed by atoms with van der Waals surface area (Å²) in [7, 11) is 0. The van der Waals surface area contributed by atoms with E-state index in [9.17, 15) is 4.79 Å². The zero-order valence-corrected chi connectivity index (χ0v) is 15.5. The summed E-state index contributed by atoms with van der Waals surface area (Å²) in [6.45, 7) is 7.23. The van der Waals surface area contributed by atoms with Gasteiger partial charge >= 0.3 is 6.09 Å². The first-order valence-corrected chi connectivity index (χ1v) is 9.79. The zero-order valence-electron chi connectivity index (χ0n) is 13.9. The number of hydrogen-bond acceptors (Lipinski definition) is 4. The molecule has 130 valence electrons. The SMILES string of the molecule is C=CC(=C)NC(=O)OC(CSc1ccccc1)CSc1ccccc1. The summed E-state index contributed by atoms with van der Waals surface area (Å²) >= 11 is 3.34. The molecule has 0 bridgehead atoms. The van der Waals surface area contributed by atoms with Crippen molar-refractivity contribution in [2.75, 3.05) is 11.5 Å². The molecule has 2 aromatic rings. The number of ether oxygens (including phenoxy) is 1. The molecule has 1 amide bonds. The second-order valence-electron chi connectivity index (χ2n) is 5.13. The lowest BCUT2D eigenvalue weighted by atomic mass is 10.4. The van der Waals surface area contributed by atoms with Gasteiger partial charge in [0.15, 0.2) is 0 Å². The average Bonchev–Trinajstić information content (AvgIpc) is 2.65. The number of carbonyl (C=O) groups is 1. The van der Waals surface area contributed by atoms with Crippen LogP contribution in [-0.4, -0.2) is 23.7 Å². The van der Waals surface area contributed by atoms with Crippen LogP contribution in [-0.2, 0) is 4.74 Å². The van der Waals surface area contributed by atoms with Crippen LogP contribution in [0.4, 0.5) is 4.79 Å². The van der Waals surface area contributed by atoms with Gasteiger partial charge in [0.2, 0.25) is 0 Å². The molecule has 1 N–H and O–H groups in total. The first kappa shape index (κ1) is 19.2. The van der Waals surface area contributed by atoms with Crippen LogP contribution in [0.15, 0.2) is 95.4 Å². The number of rotatable bonds is 9. The van der Waals surface area contributed by atoms with Crippen molar-refractivity contribution in [3.63, 3.8) is 0 Å². The molecule has 25 heavy (non-hydrogen) atoms. The molecule has 0 saturated heterocycles. The largest absolute Gasteiger partial charge is 0.444 e. The van der Waals surface area contributed by atoms with Gasteiger partial charge in [-0.05, 0) is 30.3 Å². The topological polar surface area (TPSA) is 38.3 Å². The van der Waals surface area contributed by atoms with Crippen LogP contribution < -0.4 is 5.32 Å². The quantitative estimate of drug-likeness (QED) is 0.475. The van der Waals surface area contributed by atoms with E-state index in [1.165, 1.54) is 6.08 Å². The van der Waals surface area contributed by atoms with Gasteiger partial charge in [-0.2, -0.15) is 0 Å². The zero-order chi connectivity index (χ0) is 17.9. The minimum Gasteiger partial charge on any atom is -0.444 e. The second-order valence-corrected chi connectivity index (χ2v) is 7.32. The first-order valence-electron chi connectivity index (χ1n) is 7.82. The molecule has 0 aromatic heterocycles. The van der Waals surface area contributed by atoms with Crippen LogP contribution in [0.1, 0.15) is 0 Å². The molecule has 0 radical (unpaired) electrons. The Morgan fingerprint density at radius 3 is 1.92 bits per heavy atom. The third kappa shape index (κ3) is 7.54. The second kappa shape index (κ2) is 10.7. The average molecular weight is 372 g/mol. The maximum Gasteiger partial charge on any atom is 0.411 e. The summed E-state index contributed by atoms with van der Waals surface area (Å²) in [6, 6.07) is 20.1. The maximum atomic E-state index is 12.0. The lowest BCUT2D eigenvalue weighted by molar-refractivity contribution is 0.122. The normalized spacial score (nSPS) is 10.3. The van der Waals surface area contributed by atoms with E-state index < -0.39 is 6.09 Å². The molecule has 0 atom stereocenters.